The maximum Gasteiger partial charge on any atom is 0.266 e. The van der Waals surface area contributed by atoms with E-state index in [0.717, 1.165) is 59.0 Å². The van der Waals surface area contributed by atoms with E-state index < -0.39 is 0 Å². The van der Waals surface area contributed by atoms with Gasteiger partial charge >= 0.3 is 0 Å². The Hall–Kier alpha value is -1.95. The topological polar surface area (TPSA) is 69.0 Å². The number of amides is 1. The number of rotatable bonds is 5. The van der Waals surface area contributed by atoms with Crippen LogP contribution in [-0.2, 0) is 12.8 Å². The number of carbonyl (C=O) groups excluding carboxylic acids is 1. The van der Waals surface area contributed by atoms with Crippen LogP contribution in [0.3, 0.4) is 0 Å². The summed E-state index contributed by atoms with van der Waals surface area (Å²) >= 11 is 4.60. The van der Waals surface area contributed by atoms with Gasteiger partial charge in [0.2, 0.25) is 0 Å². The van der Waals surface area contributed by atoms with Gasteiger partial charge < -0.3 is 10.2 Å². The van der Waals surface area contributed by atoms with Crippen molar-refractivity contribution in [1.82, 2.24) is 4.98 Å². The predicted octanol–water partition coefficient (Wildman–Crippen LogP) is 5.27. The number of thiazole rings is 1. The summed E-state index contributed by atoms with van der Waals surface area (Å²) in [7, 11) is 0. The maximum absolute atomic E-state index is 12.8. The van der Waals surface area contributed by atoms with E-state index in [1.807, 2.05) is 6.07 Å². The Morgan fingerprint density at radius 1 is 1.26 bits per heavy atom. The van der Waals surface area contributed by atoms with Gasteiger partial charge in [-0.1, -0.05) is 11.3 Å². The number of anilines is 2. The van der Waals surface area contributed by atoms with Gasteiger partial charge in [0.1, 0.15) is 15.9 Å². The monoisotopic (exact) mass is 416 g/mol. The summed E-state index contributed by atoms with van der Waals surface area (Å²) < 4.78 is 1.04. The first-order valence-electron chi connectivity index (χ1n) is 9.15. The standard InChI is InChI=1S/C19H20N4OS3/c1-3-23(4-2)19-22-18-15(27-19)9-14(26-18)16(24)21-17-12(10-20)11-7-5-6-8-13(11)25-17/h9H,3-8H2,1-2H3,(H,21,24). The molecule has 0 radical (unpaired) electrons. The number of hydrogen-bond donors (Lipinski definition) is 1. The summed E-state index contributed by atoms with van der Waals surface area (Å²) in [4.78, 5) is 22.5. The summed E-state index contributed by atoms with van der Waals surface area (Å²) in [5.41, 5.74) is 1.80. The molecule has 4 rings (SSSR count). The lowest BCUT2D eigenvalue weighted by Gasteiger charge is -2.16. The highest BCUT2D eigenvalue weighted by Gasteiger charge is 2.23. The van der Waals surface area contributed by atoms with Gasteiger partial charge in [-0.15, -0.1) is 22.7 Å². The second-order valence-electron chi connectivity index (χ2n) is 6.43. The first-order chi connectivity index (χ1) is 13.1. The molecule has 8 heteroatoms. The second-order valence-corrected chi connectivity index (χ2v) is 9.57. The van der Waals surface area contributed by atoms with Crippen molar-refractivity contribution in [2.45, 2.75) is 39.5 Å². The van der Waals surface area contributed by atoms with E-state index in [4.69, 9.17) is 0 Å². The van der Waals surface area contributed by atoms with Crippen LogP contribution in [0.4, 0.5) is 10.1 Å². The van der Waals surface area contributed by atoms with E-state index in [1.165, 1.54) is 16.2 Å². The van der Waals surface area contributed by atoms with E-state index in [-0.39, 0.29) is 5.91 Å². The van der Waals surface area contributed by atoms with Gasteiger partial charge in [0.15, 0.2) is 5.13 Å². The minimum atomic E-state index is -0.148. The molecule has 0 aliphatic heterocycles. The Labute approximate surface area is 170 Å². The van der Waals surface area contributed by atoms with Crippen LogP contribution in [0.15, 0.2) is 6.07 Å². The highest BCUT2D eigenvalue weighted by atomic mass is 32.1. The molecule has 5 nitrogen and oxygen atoms in total. The zero-order valence-electron chi connectivity index (χ0n) is 15.3. The Morgan fingerprint density at radius 2 is 2.04 bits per heavy atom. The number of aryl methyl sites for hydroxylation is 1. The van der Waals surface area contributed by atoms with Crippen LogP contribution in [0.5, 0.6) is 0 Å². The SMILES string of the molecule is CCN(CC)c1nc2sc(C(=O)Nc3sc4c(c3C#N)CCCC4)cc2s1. The number of carbonyl (C=O) groups is 1. The number of thiophene rings is 2. The van der Waals surface area contributed by atoms with Crippen LogP contribution in [-0.4, -0.2) is 24.0 Å². The molecule has 0 atom stereocenters. The Balaban J connectivity index is 1.58. The number of hydrogen-bond acceptors (Lipinski definition) is 7. The van der Waals surface area contributed by atoms with Crippen molar-refractivity contribution in [3.8, 4) is 6.07 Å². The number of aromatic nitrogens is 1. The normalized spacial score (nSPS) is 13.4. The van der Waals surface area contributed by atoms with Gasteiger partial charge in [0.05, 0.1) is 15.1 Å². The Bertz CT molecular complexity index is 1000. The summed E-state index contributed by atoms with van der Waals surface area (Å²) in [6, 6.07) is 4.21. The third-order valence-corrected chi connectivity index (χ3v) is 8.27. The number of nitrogens with one attached hydrogen (secondary N) is 1. The zero-order valence-corrected chi connectivity index (χ0v) is 17.7. The first-order valence-corrected chi connectivity index (χ1v) is 11.6. The molecule has 1 N–H and O–H groups in total. The fourth-order valence-corrected chi connectivity index (χ4v) is 6.87. The highest BCUT2D eigenvalue weighted by Crippen LogP contribution is 2.39. The van der Waals surface area contributed by atoms with Crippen molar-refractivity contribution >= 4 is 59.6 Å². The minimum absolute atomic E-state index is 0.148. The van der Waals surface area contributed by atoms with E-state index in [9.17, 15) is 10.1 Å². The summed E-state index contributed by atoms with van der Waals surface area (Å²) in [5, 5.41) is 14.2. The van der Waals surface area contributed by atoms with E-state index >= 15 is 0 Å². The molecule has 0 unspecified atom stereocenters. The van der Waals surface area contributed by atoms with Crippen molar-refractivity contribution < 1.29 is 4.79 Å². The van der Waals surface area contributed by atoms with Crippen molar-refractivity contribution in [2.24, 2.45) is 0 Å². The molecule has 0 aromatic carbocycles. The first kappa shape index (κ1) is 18.4. The smallest absolute Gasteiger partial charge is 0.266 e. The van der Waals surface area contributed by atoms with Crippen LogP contribution in [0.25, 0.3) is 9.53 Å². The van der Waals surface area contributed by atoms with Crippen LogP contribution in [0, 0.1) is 11.3 Å². The lowest BCUT2D eigenvalue weighted by atomic mass is 9.96. The van der Waals surface area contributed by atoms with Gasteiger partial charge in [0, 0.05) is 18.0 Å². The average molecular weight is 417 g/mol. The molecule has 0 bridgehead atoms. The summed E-state index contributed by atoms with van der Waals surface area (Å²) in [5.74, 6) is -0.148. The molecular formula is C19H20N4OS3. The predicted molar refractivity (Wildman–Crippen MR) is 115 cm³/mol. The molecule has 140 valence electrons. The van der Waals surface area contributed by atoms with Gasteiger partial charge in [-0.2, -0.15) is 5.26 Å². The molecule has 3 aromatic heterocycles. The quantitative estimate of drug-likeness (QED) is 0.615. The molecule has 3 aromatic rings. The van der Waals surface area contributed by atoms with E-state index in [1.54, 1.807) is 22.7 Å². The number of nitriles is 1. The Kier molecular flexibility index (Phi) is 5.17. The van der Waals surface area contributed by atoms with Gasteiger partial charge in [0.25, 0.3) is 5.91 Å². The van der Waals surface area contributed by atoms with Crippen molar-refractivity contribution in [1.29, 1.82) is 5.26 Å². The molecule has 0 spiro atoms. The highest BCUT2D eigenvalue weighted by molar-refractivity contribution is 7.29. The maximum atomic E-state index is 12.8. The van der Waals surface area contributed by atoms with Crippen LogP contribution < -0.4 is 10.2 Å². The lowest BCUT2D eigenvalue weighted by Crippen LogP contribution is -2.21. The molecule has 1 aliphatic rings. The fourth-order valence-electron chi connectivity index (χ4n) is 3.40. The minimum Gasteiger partial charge on any atom is -0.349 e. The summed E-state index contributed by atoms with van der Waals surface area (Å²) in [6.07, 6.45) is 4.23. The molecule has 27 heavy (non-hydrogen) atoms. The fraction of sp³-hybridized carbons (Fsp3) is 0.421. The van der Waals surface area contributed by atoms with Gasteiger partial charge in [-0.25, -0.2) is 4.98 Å². The molecule has 1 aliphatic carbocycles. The van der Waals surface area contributed by atoms with Gasteiger partial charge in [-0.05, 0) is 51.2 Å². The van der Waals surface area contributed by atoms with E-state index in [0.29, 0.717) is 15.4 Å². The summed E-state index contributed by atoms with van der Waals surface area (Å²) in [6.45, 7) is 6.08. The van der Waals surface area contributed by atoms with Crippen molar-refractivity contribution in [3.63, 3.8) is 0 Å². The molecular weight excluding hydrogens is 396 g/mol. The molecule has 3 heterocycles. The van der Waals surface area contributed by atoms with E-state index in [2.05, 4.69) is 35.1 Å². The molecule has 0 saturated carbocycles. The molecule has 0 saturated heterocycles. The average Bonchev–Trinajstić information content (AvgIpc) is 3.33. The van der Waals surface area contributed by atoms with Crippen LogP contribution >= 0.6 is 34.0 Å². The molecule has 0 fully saturated rings. The van der Waals surface area contributed by atoms with Crippen LogP contribution in [0.1, 0.15) is 52.4 Å². The van der Waals surface area contributed by atoms with Crippen molar-refractivity contribution in [2.75, 3.05) is 23.3 Å². The largest absolute Gasteiger partial charge is 0.349 e. The molecule has 1 amide bonds. The lowest BCUT2D eigenvalue weighted by molar-refractivity contribution is 0.103. The zero-order chi connectivity index (χ0) is 19.0. The number of fused-ring (bicyclic) bond motifs is 2. The number of nitrogens with zero attached hydrogens (tertiary/aromatic N) is 3. The Morgan fingerprint density at radius 3 is 2.74 bits per heavy atom. The second kappa shape index (κ2) is 7.58. The van der Waals surface area contributed by atoms with Crippen LogP contribution in [0.2, 0.25) is 0 Å². The van der Waals surface area contributed by atoms with Gasteiger partial charge in [-0.3, -0.25) is 4.79 Å². The third-order valence-electron chi connectivity index (χ3n) is 4.85. The third kappa shape index (κ3) is 3.35. The van der Waals surface area contributed by atoms with Crippen molar-refractivity contribution in [3.05, 3.63) is 26.9 Å².